The summed E-state index contributed by atoms with van der Waals surface area (Å²) in [5, 5.41) is 78.1. The summed E-state index contributed by atoms with van der Waals surface area (Å²) in [6.45, 7) is 3.34. The number of ether oxygens (including phenoxy) is 1. The molecule has 0 aromatic carbocycles. The van der Waals surface area contributed by atoms with Gasteiger partial charge in [-0.2, -0.15) is 0 Å². The molecule has 3 saturated carbocycles. The van der Waals surface area contributed by atoms with Crippen LogP contribution >= 0.6 is 0 Å². The van der Waals surface area contributed by atoms with Crippen LogP contribution in [0.3, 0.4) is 0 Å². The summed E-state index contributed by atoms with van der Waals surface area (Å²) in [6, 6.07) is 0. The first-order chi connectivity index (χ1) is 15.5. The van der Waals surface area contributed by atoms with Crippen molar-refractivity contribution < 1.29 is 45.3 Å². The fraction of sp³-hybridized carbons (Fsp3) is 0.870. The highest BCUT2D eigenvalue weighted by molar-refractivity contribution is 5.92. The van der Waals surface area contributed by atoms with Gasteiger partial charge in [-0.3, -0.25) is 4.79 Å². The van der Waals surface area contributed by atoms with Crippen molar-refractivity contribution in [3.63, 3.8) is 0 Å². The summed E-state index contributed by atoms with van der Waals surface area (Å²) in [5.74, 6) is -4.51. The maximum atomic E-state index is 13.2. The lowest BCUT2D eigenvalue weighted by Crippen LogP contribution is -2.72. The Hall–Kier alpha value is -1.11. The minimum atomic E-state index is -2.18. The lowest BCUT2D eigenvalue weighted by molar-refractivity contribution is -0.239. The fourth-order valence-electron chi connectivity index (χ4n) is 7.13. The number of nitrogens with one attached hydrogen (secondary N) is 1. The van der Waals surface area contributed by atoms with Crippen molar-refractivity contribution >= 4 is 5.78 Å². The number of rotatable bonds is 5. The molecule has 3 fully saturated rings. The van der Waals surface area contributed by atoms with Crippen LogP contribution in [0.2, 0.25) is 0 Å². The molecule has 10 nitrogen and oxygen atoms in total. The number of Topliss-reactive ketones (excluding diaryl/α,β-unsaturated/α-hetero) is 1. The average molecular weight is 472 g/mol. The minimum absolute atomic E-state index is 0.0776. The summed E-state index contributed by atoms with van der Waals surface area (Å²) in [6.07, 6.45) is -4.25. The van der Waals surface area contributed by atoms with Gasteiger partial charge in [0.2, 0.25) is 6.41 Å². The largest absolute Gasteiger partial charge is 0.393 e. The standard InChI is InChI=1S/C23H37NO9/c1-3-33-22(31)24-13-5-4-10-6-11-7-12-8-14(26)15(9(2)25)20(29)23(12,32)21(30)17(11)19(28)16(10)18(13)27/h5,9-12,14-19,21-22,24-28,30-32H,3-4,6-8H2,1-2H3/t9?,10?,11-,12-,14?,15?,16?,17?,18?,19?,21?,22?,23+/m0/s1. The monoisotopic (exact) mass is 471 g/mol. The quantitative estimate of drug-likeness (QED) is 0.213. The smallest absolute Gasteiger partial charge is 0.235 e. The number of fused-ring (bicyclic) bond motifs is 3. The molecule has 4 aliphatic rings. The van der Waals surface area contributed by atoms with Crippen molar-refractivity contribution in [3.05, 3.63) is 11.8 Å². The van der Waals surface area contributed by atoms with Crippen molar-refractivity contribution in [3.8, 4) is 0 Å². The van der Waals surface area contributed by atoms with Gasteiger partial charge in [-0.05, 0) is 51.4 Å². The number of allylic oxidation sites excluding steroid dienone is 1. The van der Waals surface area contributed by atoms with E-state index in [1.54, 1.807) is 13.0 Å². The van der Waals surface area contributed by atoms with Gasteiger partial charge in [0.15, 0.2) is 11.4 Å². The Morgan fingerprint density at radius 3 is 2.45 bits per heavy atom. The van der Waals surface area contributed by atoms with Crippen LogP contribution in [-0.4, -0.2) is 90.7 Å². The summed E-state index contributed by atoms with van der Waals surface area (Å²) in [7, 11) is 0. The lowest BCUT2D eigenvalue weighted by atomic mass is 9.49. The number of ketones is 1. The van der Waals surface area contributed by atoms with Crippen LogP contribution in [0.1, 0.15) is 39.5 Å². The number of hydrogen-bond donors (Lipinski definition) is 8. The molecule has 13 atom stereocenters. The van der Waals surface area contributed by atoms with Crippen LogP contribution in [-0.2, 0) is 9.53 Å². The van der Waals surface area contributed by atoms with Crippen molar-refractivity contribution in [2.75, 3.05) is 6.61 Å². The lowest BCUT2D eigenvalue weighted by Gasteiger charge is -2.59. The minimum Gasteiger partial charge on any atom is -0.393 e. The molecule has 4 rings (SSSR count). The van der Waals surface area contributed by atoms with Gasteiger partial charge < -0.3 is 45.8 Å². The first kappa shape index (κ1) is 25.0. The van der Waals surface area contributed by atoms with E-state index in [-0.39, 0.29) is 24.9 Å². The van der Waals surface area contributed by atoms with Crippen molar-refractivity contribution in [1.29, 1.82) is 0 Å². The average Bonchev–Trinajstić information content (AvgIpc) is 2.72. The second kappa shape index (κ2) is 9.16. The van der Waals surface area contributed by atoms with E-state index in [2.05, 4.69) is 5.32 Å². The van der Waals surface area contributed by atoms with Gasteiger partial charge >= 0.3 is 0 Å². The van der Waals surface area contributed by atoms with E-state index in [0.717, 1.165) is 0 Å². The van der Waals surface area contributed by atoms with E-state index in [1.807, 2.05) is 0 Å². The number of carbonyl (C=O) groups excluding carboxylic acids is 1. The van der Waals surface area contributed by atoms with Gasteiger partial charge in [0.1, 0.15) is 0 Å². The second-order valence-corrected chi connectivity index (χ2v) is 10.3. The van der Waals surface area contributed by atoms with Crippen molar-refractivity contribution in [2.24, 2.45) is 35.5 Å². The highest BCUT2D eigenvalue weighted by Gasteiger charge is 2.66. The zero-order chi connectivity index (χ0) is 24.2. The Bertz CT molecular complexity index is 775. The highest BCUT2D eigenvalue weighted by atomic mass is 16.6. The summed E-state index contributed by atoms with van der Waals surface area (Å²) in [4.78, 5) is 13.2. The molecule has 0 aromatic heterocycles. The molecule has 10 heteroatoms. The maximum Gasteiger partial charge on any atom is 0.235 e. The highest BCUT2D eigenvalue weighted by Crippen LogP contribution is 2.56. The Labute approximate surface area is 192 Å². The zero-order valence-corrected chi connectivity index (χ0v) is 19.0. The molecule has 0 amide bonds. The third kappa shape index (κ3) is 3.94. The van der Waals surface area contributed by atoms with Crippen molar-refractivity contribution in [2.45, 2.75) is 82.1 Å². The third-order valence-corrected chi connectivity index (χ3v) is 8.60. The third-order valence-electron chi connectivity index (χ3n) is 8.60. The van der Waals surface area contributed by atoms with Gasteiger partial charge in [0, 0.05) is 30.1 Å². The molecule has 188 valence electrons. The van der Waals surface area contributed by atoms with E-state index < -0.39 is 72.0 Å². The van der Waals surface area contributed by atoms with E-state index in [9.17, 15) is 40.5 Å². The first-order valence-electron chi connectivity index (χ1n) is 12.0. The molecule has 33 heavy (non-hydrogen) atoms. The molecular formula is C23H37NO9. The van der Waals surface area contributed by atoms with Gasteiger partial charge in [-0.1, -0.05) is 6.08 Å². The van der Waals surface area contributed by atoms with E-state index >= 15 is 0 Å². The van der Waals surface area contributed by atoms with Gasteiger partial charge in [-0.25, -0.2) is 0 Å². The number of aliphatic hydroxyl groups is 7. The van der Waals surface area contributed by atoms with Crippen LogP contribution < -0.4 is 5.32 Å². The van der Waals surface area contributed by atoms with Crippen LogP contribution in [0.25, 0.3) is 0 Å². The predicted octanol–water partition coefficient (Wildman–Crippen LogP) is -1.79. The fourth-order valence-corrected chi connectivity index (χ4v) is 7.13. The Morgan fingerprint density at radius 1 is 1.12 bits per heavy atom. The molecular weight excluding hydrogens is 434 g/mol. The van der Waals surface area contributed by atoms with Crippen LogP contribution in [0.5, 0.6) is 0 Å². The van der Waals surface area contributed by atoms with E-state index in [0.29, 0.717) is 25.0 Å². The molecule has 8 N–H and O–H groups in total. The summed E-state index contributed by atoms with van der Waals surface area (Å²) >= 11 is 0. The second-order valence-electron chi connectivity index (χ2n) is 10.3. The molecule has 0 bridgehead atoms. The normalized spacial score (nSPS) is 49.2. The molecule has 0 spiro atoms. The topological polar surface area (TPSA) is 180 Å². The SMILES string of the molecule is CCOC(O)NC1=CCC2C[C@H]3C[C@H]4CC(O)C(C(C)O)C(=O)[C@@]4(O)C(O)C3C(O)C2C1O. The number of carbonyl (C=O) groups is 1. The van der Waals surface area contributed by atoms with Gasteiger partial charge in [0.25, 0.3) is 0 Å². The van der Waals surface area contributed by atoms with E-state index in [4.69, 9.17) is 4.74 Å². The first-order valence-corrected chi connectivity index (χ1v) is 12.0. The van der Waals surface area contributed by atoms with Gasteiger partial charge in [-0.15, -0.1) is 0 Å². The molecule has 10 unspecified atom stereocenters. The molecule has 0 saturated heterocycles. The van der Waals surface area contributed by atoms with Crippen LogP contribution in [0.4, 0.5) is 0 Å². The Kier molecular flexibility index (Phi) is 6.94. The summed E-state index contributed by atoms with van der Waals surface area (Å²) < 4.78 is 5.06. The maximum absolute atomic E-state index is 13.2. The van der Waals surface area contributed by atoms with Gasteiger partial charge in [0.05, 0.1) is 36.4 Å². The van der Waals surface area contributed by atoms with E-state index in [1.165, 1.54) is 6.92 Å². The van der Waals surface area contributed by atoms with Crippen molar-refractivity contribution in [1.82, 2.24) is 5.32 Å². The molecule has 0 aliphatic heterocycles. The number of hydrogen-bond acceptors (Lipinski definition) is 10. The predicted molar refractivity (Wildman–Crippen MR) is 114 cm³/mol. The Morgan fingerprint density at radius 2 is 1.82 bits per heavy atom. The molecule has 0 radical (unpaired) electrons. The van der Waals surface area contributed by atoms with Crippen LogP contribution in [0, 0.1) is 35.5 Å². The molecule has 4 aliphatic carbocycles. The molecule has 0 aromatic rings. The van der Waals surface area contributed by atoms with Crippen LogP contribution in [0.15, 0.2) is 11.8 Å². The Balaban J connectivity index is 1.60. The zero-order valence-electron chi connectivity index (χ0n) is 19.0. The number of aliphatic hydroxyl groups excluding tert-OH is 6. The molecule has 0 heterocycles. The summed E-state index contributed by atoms with van der Waals surface area (Å²) in [5.41, 5.74) is -1.86.